The topological polar surface area (TPSA) is 29.5 Å². The zero-order chi connectivity index (χ0) is 16.2. The molecule has 3 rings (SSSR count). The fourth-order valence-corrected chi connectivity index (χ4v) is 3.32. The molecule has 1 aliphatic heterocycles. The Morgan fingerprint density at radius 1 is 1.09 bits per heavy atom. The van der Waals surface area contributed by atoms with Gasteiger partial charge in [-0.2, -0.15) is 0 Å². The highest BCUT2D eigenvalue weighted by molar-refractivity contribution is 5.72. The van der Waals surface area contributed by atoms with Crippen LogP contribution in [0.15, 0.2) is 60.7 Å². The smallest absolute Gasteiger partial charge is 0.307 e. The van der Waals surface area contributed by atoms with Gasteiger partial charge in [0.15, 0.2) is 0 Å². The average Bonchev–Trinajstić information content (AvgIpc) is 2.92. The molecule has 3 nitrogen and oxygen atoms in total. The molecule has 0 saturated carbocycles. The van der Waals surface area contributed by atoms with Crippen LogP contribution in [-0.4, -0.2) is 23.0 Å². The molecular formula is C20H23NO2. The second kappa shape index (κ2) is 6.97. The third-order valence-corrected chi connectivity index (χ3v) is 4.65. The normalized spacial score (nSPS) is 22.1. The van der Waals surface area contributed by atoms with Gasteiger partial charge in [-0.15, -0.1) is 0 Å². The first kappa shape index (κ1) is 15.8. The molecule has 1 aliphatic rings. The monoisotopic (exact) mass is 309 g/mol. The number of carbonyl (C=O) groups excluding carboxylic acids is 1. The highest BCUT2D eigenvalue weighted by atomic mass is 16.6. The number of benzene rings is 2. The van der Waals surface area contributed by atoms with Gasteiger partial charge in [0.1, 0.15) is 6.10 Å². The molecule has 0 bridgehead atoms. The summed E-state index contributed by atoms with van der Waals surface area (Å²) in [5.74, 6) is -0.0965. The summed E-state index contributed by atoms with van der Waals surface area (Å²) in [6, 6.07) is 21.2. The van der Waals surface area contributed by atoms with Crippen LogP contribution in [0.25, 0.3) is 0 Å². The molecular weight excluding hydrogens is 286 g/mol. The van der Waals surface area contributed by atoms with Crippen LogP contribution in [0.2, 0.25) is 0 Å². The number of hydrogen-bond acceptors (Lipinski definition) is 3. The van der Waals surface area contributed by atoms with Crippen molar-refractivity contribution < 1.29 is 9.53 Å². The van der Waals surface area contributed by atoms with E-state index in [1.165, 1.54) is 11.1 Å². The van der Waals surface area contributed by atoms with Crippen LogP contribution in [0.4, 0.5) is 0 Å². The molecule has 0 spiro atoms. The van der Waals surface area contributed by atoms with E-state index in [2.05, 4.69) is 60.4 Å². The van der Waals surface area contributed by atoms with Crippen molar-refractivity contribution >= 4 is 5.97 Å². The van der Waals surface area contributed by atoms with Gasteiger partial charge in [-0.1, -0.05) is 60.7 Å². The van der Waals surface area contributed by atoms with Gasteiger partial charge in [0.2, 0.25) is 0 Å². The van der Waals surface area contributed by atoms with E-state index in [1.807, 2.05) is 19.1 Å². The summed E-state index contributed by atoms with van der Waals surface area (Å²) in [5.41, 5.74) is 2.51. The lowest BCUT2D eigenvalue weighted by molar-refractivity contribution is -0.140. The summed E-state index contributed by atoms with van der Waals surface area (Å²) in [6.45, 7) is 5.00. The number of cyclic esters (lactones) is 1. The Labute approximate surface area is 137 Å². The molecule has 3 heteroatoms. The van der Waals surface area contributed by atoms with E-state index in [9.17, 15) is 4.79 Å². The summed E-state index contributed by atoms with van der Waals surface area (Å²) < 4.78 is 5.40. The zero-order valence-electron chi connectivity index (χ0n) is 13.7. The van der Waals surface area contributed by atoms with Crippen LogP contribution in [0, 0.1) is 0 Å². The van der Waals surface area contributed by atoms with Crippen LogP contribution in [-0.2, 0) is 16.1 Å². The van der Waals surface area contributed by atoms with Gasteiger partial charge in [0.25, 0.3) is 0 Å². The Balaban J connectivity index is 1.88. The fourth-order valence-electron chi connectivity index (χ4n) is 3.32. The molecule has 1 saturated heterocycles. The summed E-state index contributed by atoms with van der Waals surface area (Å²) in [5, 5.41) is 0. The highest BCUT2D eigenvalue weighted by Gasteiger charge is 2.38. The lowest BCUT2D eigenvalue weighted by Crippen LogP contribution is -2.41. The molecule has 2 aromatic rings. The van der Waals surface area contributed by atoms with E-state index in [1.54, 1.807) is 0 Å². The molecule has 1 heterocycles. The second-order valence-electron chi connectivity index (χ2n) is 6.21. The summed E-state index contributed by atoms with van der Waals surface area (Å²) in [4.78, 5) is 14.1. The number of esters is 1. The van der Waals surface area contributed by atoms with Crippen molar-refractivity contribution in [3.05, 3.63) is 71.8 Å². The van der Waals surface area contributed by atoms with Gasteiger partial charge < -0.3 is 4.74 Å². The van der Waals surface area contributed by atoms with Gasteiger partial charge in [0.05, 0.1) is 12.5 Å². The standard InChI is InChI=1S/C20H23NO2/c1-15(18-11-7-4-8-12-18)21(14-17-9-5-3-6-10-17)19-13-20(22)23-16(19)2/h3-12,15-16,19H,13-14H2,1-2H3/t15-,16-,19+/m0/s1. The van der Waals surface area contributed by atoms with Crippen LogP contribution in [0.5, 0.6) is 0 Å². The molecule has 0 aliphatic carbocycles. The van der Waals surface area contributed by atoms with Gasteiger partial charge in [0, 0.05) is 12.6 Å². The predicted octanol–water partition coefficient (Wildman–Crippen LogP) is 3.95. The average molecular weight is 309 g/mol. The number of carbonyl (C=O) groups is 1. The lowest BCUT2D eigenvalue weighted by atomic mass is 10.0. The fraction of sp³-hybridized carbons (Fsp3) is 0.350. The largest absolute Gasteiger partial charge is 0.461 e. The quantitative estimate of drug-likeness (QED) is 0.783. The Hall–Kier alpha value is -2.13. The zero-order valence-corrected chi connectivity index (χ0v) is 13.7. The maximum Gasteiger partial charge on any atom is 0.307 e. The van der Waals surface area contributed by atoms with Crippen molar-refractivity contribution in [1.82, 2.24) is 4.90 Å². The van der Waals surface area contributed by atoms with Crippen LogP contribution < -0.4 is 0 Å². The number of ether oxygens (including phenoxy) is 1. The van der Waals surface area contributed by atoms with E-state index in [-0.39, 0.29) is 24.2 Å². The maximum atomic E-state index is 11.7. The maximum absolute atomic E-state index is 11.7. The summed E-state index contributed by atoms with van der Waals surface area (Å²) >= 11 is 0. The van der Waals surface area contributed by atoms with E-state index in [0.29, 0.717) is 6.42 Å². The van der Waals surface area contributed by atoms with E-state index < -0.39 is 0 Å². The van der Waals surface area contributed by atoms with Crippen molar-refractivity contribution in [1.29, 1.82) is 0 Å². The third-order valence-electron chi connectivity index (χ3n) is 4.65. The Morgan fingerprint density at radius 3 is 2.26 bits per heavy atom. The molecule has 1 fully saturated rings. The van der Waals surface area contributed by atoms with Crippen molar-refractivity contribution in [2.24, 2.45) is 0 Å². The molecule has 0 amide bonds. The molecule has 2 aromatic carbocycles. The molecule has 120 valence electrons. The van der Waals surface area contributed by atoms with Crippen molar-refractivity contribution in [2.75, 3.05) is 0 Å². The Kier molecular flexibility index (Phi) is 4.77. The number of hydrogen-bond donors (Lipinski definition) is 0. The Bertz CT molecular complexity index is 641. The highest BCUT2D eigenvalue weighted by Crippen LogP contribution is 2.31. The first-order valence-electron chi connectivity index (χ1n) is 8.19. The van der Waals surface area contributed by atoms with Gasteiger partial charge in [-0.3, -0.25) is 9.69 Å². The number of rotatable bonds is 5. The molecule has 3 atom stereocenters. The third kappa shape index (κ3) is 3.62. The molecule has 0 N–H and O–H groups in total. The molecule has 23 heavy (non-hydrogen) atoms. The molecule has 0 aromatic heterocycles. The lowest BCUT2D eigenvalue weighted by Gasteiger charge is -2.35. The van der Waals surface area contributed by atoms with Gasteiger partial charge in [-0.05, 0) is 25.0 Å². The minimum atomic E-state index is -0.0965. The molecule has 0 unspecified atom stereocenters. The van der Waals surface area contributed by atoms with E-state index >= 15 is 0 Å². The van der Waals surface area contributed by atoms with Crippen LogP contribution in [0.1, 0.15) is 37.4 Å². The van der Waals surface area contributed by atoms with E-state index in [4.69, 9.17) is 4.74 Å². The number of nitrogens with zero attached hydrogens (tertiary/aromatic N) is 1. The first-order valence-corrected chi connectivity index (χ1v) is 8.19. The van der Waals surface area contributed by atoms with Crippen molar-refractivity contribution in [3.63, 3.8) is 0 Å². The molecule has 0 radical (unpaired) electrons. The van der Waals surface area contributed by atoms with Gasteiger partial charge in [-0.25, -0.2) is 0 Å². The van der Waals surface area contributed by atoms with Crippen LogP contribution >= 0.6 is 0 Å². The minimum Gasteiger partial charge on any atom is -0.461 e. The van der Waals surface area contributed by atoms with Crippen molar-refractivity contribution in [2.45, 2.75) is 45.0 Å². The van der Waals surface area contributed by atoms with Gasteiger partial charge >= 0.3 is 5.97 Å². The summed E-state index contributed by atoms with van der Waals surface area (Å²) in [6.07, 6.45) is 0.392. The van der Waals surface area contributed by atoms with Crippen LogP contribution in [0.3, 0.4) is 0 Å². The summed E-state index contributed by atoms with van der Waals surface area (Å²) in [7, 11) is 0. The van der Waals surface area contributed by atoms with E-state index in [0.717, 1.165) is 6.54 Å². The second-order valence-corrected chi connectivity index (χ2v) is 6.21. The SMILES string of the molecule is C[C@@H]1OC(=O)C[C@H]1N(Cc1ccccc1)[C@@H](C)c1ccccc1. The first-order chi connectivity index (χ1) is 11.1. The minimum absolute atomic E-state index is 0.0719. The Morgan fingerprint density at radius 2 is 1.70 bits per heavy atom. The predicted molar refractivity (Wildman–Crippen MR) is 90.8 cm³/mol. The van der Waals surface area contributed by atoms with Crippen molar-refractivity contribution in [3.8, 4) is 0 Å².